The predicted molar refractivity (Wildman–Crippen MR) is 126 cm³/mol. The number of benzene rings is 1. The van der Waals surface area contributed by atoms with Gasteiger partial charge < -0.3 is 25.0 Å². The van der Waals surface area contributed by atoms with Crippen molar-refractivity contribution in [3.63, 3.8) is 0 Å². The second-order valence-corrected chi connectivity index (χ2v) is 9.80. The molecule has 8 nitrogen and oxygen atoms in total. The zero-order valence-corrected chi connectivity index (χ0v) is 19.8. The van der Waals surface area contributed by atoms with E-state index in [2.05, 4.69) is 10.6 Å². The van der Waals surface area contributed by atoms with E-state index in [4.69, 9.17) is 9.47 Å². The summed E-state index contributed by atoms with van der Waals surface area (Å²) in [6.07, 6.45) is 9.20. The molecule has 4 aliphatic rings. The number of fused-ring (bicyclic) bond motifs is 1. The summed E-state index contributed by atoms with van der Waals surface area (Å²) in [6.45, 7) is 2.43. The first-order chi connectivity index (χ1) is 16.5. The molecule has 5 atom stereocenters. The summed E-state index contributed by atoms with van der Waals surface area (Å²) in [5.74, 6) is -1.42. The van der Waals surface area contributed by atoms with Gasteiger partial charge in [-0.1, -0.05) is 44.4 Å². The molecule has 3 fully saturated rings. The van der Waals surface area contributed by atoms with E-state index in [1.165, 1.54) is 6.42 Å². The summed E-state index contributed by atoms with van der Waals surface area (Å²) >= 11 is 0. The Balaban J connectivity index is 1.41. The minimum atomic E-state index is -1.11. The quantitative estimate of drug-likeness (QED) is 0.601. The van der Waals surface area contributed by atoms with Crippen LogP contribution in [-0.2, 0) is 19.1 Å². The lowest BCUT2D eigenvalue weighted by molar-refractivity contribution is -0.141. The van der Waals surface area contributed by atoms with Crippen LogP contribution in [0.15, 0.2) is 36.4 Å². The molecule has 5 rings (SSSR count). The number of hydrogen-bond donors (Lipinski definition) is 2. The molecule has 2 bridgehead atoms. The molecule has 3 aliphatic heterocycles. The highest BCUT2D eigenvalue weighted by atomic mass is 16.5. The van der Waals surface area contributed by atoms with Gasteiger partial charge in [-0.05, 0) is 31.4 Å². The molecule has 0 aromatic heterocycles. The van der Waals surface area contributed by atoms with Gasteiger partial charge in [0.2, 0.25) is 17.7 Å². The normalized spacial score (nSPS) is 32.1. The second-order valence-electron chi connectivity index (χ2n) is 9.80. The van der Waals surface area contributed by atoms with Crippen molar-refractivity contribution in [3.05, 3.63) is 36.4 Å². The Bertz CT molecular complexity index is 1000. The fraction of sp³-hybridized carbons (Fsp3) is 0.577. The SMILES string of the molecule is CCCN1C(=O)[C@H]2[C@H](C(=O)Nc3cccc(OC)c3)[C@H]3C=C[C@@]2(O3)[C@H]1C(=O)NC1CCCCC1. The van der Waals surface area contributed by atoms with Crippen LogP contribution in [0.1, 0.15) is 45.4 Å². The molecule has 1 aromatic rings. The number of rotatable bonds is 7. The van der Waals surface area contributed by atoms with Gasteiger partial charge in [0.05, 0.1) is 25.0 Å². The zero-order valence-electron chi connectivity index (χ0n) is 19.8. The van der Waals surface area contributed by atoms with Crippen LogP contribution in [0, 0.1) is 11.8 Å². The molecule has 3 amide bonds. The third kappa shape index (κ3) is 3.68. The Morgan fingerprint density at radius 1 is 1.21 bits per heavy atom. The zero-order chi connectivity index (χ0) is 23.9. The molecule has 2 saturated heterocycles. The minimum absolute atomic E-state index is 0.130. The maximum Gasteiger partial charge on any atom is 0.246 e. The summed E-state index contributed by atoms with van der Waals surface area (Å²) < 4.78 is 11.6. The molecular weight excluding hydrogens is 434 g/mol. The smallest absolute Gasteiger partial charge is 0.246 e. The van der Waals surface area contributed by atoms with Crippen molar-refractivity contribution in [3.8, 4) is 5.75 Å². The van der Waals surface area contributed by atoms with Crippen LogP contribution in [0.25, 0.3) is 0 Å². The first-order valence-corrected chi connectivity index (χ1v) is 12.4. The van der Waals surface area contributed by atoms with Crippen molar-refractivity contribution >= 4 is 23.4 Å². The fourth-order valence-electron chi connectivity index (χ4n) is 6.20. The van der Waals surface area contributed by atoms with Crippen molar-refractivity contribution < 1.29 is 23.9 Å². The van der Waals surface area contributed by atoms with Gasteiger partial charge >= 0.3 is 0 Å². The standard InChI is InChI=1S/C26H33N3O5/c1-3-14-29-22(24(31)27-16-8-5-4-6-9-16)26-13-12-19(34-26)20(21(26)25(29)32)23(30)28-17-10-7-11-18(15-17)33-2/h7,10-13,15-16,19-22H,3-6,8-9,14H2,1-2H3,(H,27,31)(H,28,30)/t19-,20-,21-,22-,26+/m1/s1. The molecular formula is C26H33N3O5. The van der Waals surface area contributed by atoms with Crippen molar-refractivity contribution in [2.75, 3.05) is 19.0 Å². The maximum atomic E-state index is 13.7. The number of methoxy groups -OCH3 is 1. The molecule has 3 heterocycles. The van der Waals surface area contributed by atoms with Gasteiger partial charge in [0.15, 0.2) is 0 Å². The lowest BCUT2D eigenvalue weighted by Gasteiger charge is -2.34. The largest absolute Gasteiger partial charge is 0.497 e. The molecule has 0 unspecified atom stereocenters. The maximum absolute atomic E-state index is 13.7. The molecule has 1 saturated carbocycles. The number of carbonyl (C=O) groups excluding carboxylic acids is 3. The molecule has 34 heavy (non-hydrogen) atoms. The lowest BCUT2D eigenvalue weighted by atomic mass is 9.74. The van der Waals surface area contributed by atoms with Crippen molar-refractivity contribution in [1.29, 1.82) is 0 Å². The Kier molecular flexibility index (Phi) is 6.10. The van der Waals surface area contributed by atoms with Gasteiger partial charge in [0.1, 0.15) is 17.4 Å². The van der Waals surface area contributed by atoms with Gasteiger partial charge in [0.25, 0.3) is 0 Å². The Labute approximate surface area is 200 Å². The highest BCUT2D eigenvalue weighted by molar-refractivity contribution is 6.02. The van der Waals surface area contributed by atoms with Gasteiger partial charge in [0, 0.05) is 24.3 Å². The van der Waals surface area contributed by atoms with Crippen LogP contribution in [0.5, 0.6) is 5.75 Å². The molecule has 1 aromatic carbocycles. The van der Waals surface area contributed by atoms with E-state index in [0.29, 0.717) is 18.0 Å². The first-order valence-electron chi connectivity index (χ1n) is 12.4. The topological polar surface area (TPSA) is 97.0 Å². The van der Waals surface area contributed by atoms with Crippen LogP contribution in [-0.4, -0.2) is 60.1 Å². The third-order valence-corrected chi connectivity index (χ3v) is 7.68. The Hall–Kier alpha value is -2.87. The number of carbonyl (C=O) groups is 3. The van der Waals surface area contributed by atoms with Gasteiger partial charge in [-0.3, -0.25) is 14.4 Å². The lowest BCUT2D eigenvalue weighted by Crippen LogP contribution is -2.56. The van der Waals surface area contributed by atoms with Crippen LogP contribution < -0.4 is 15.4 Å². The van der Waals surface area contributed by atoms with E-state index in [1.807, 2.05) is 19.1 Å². The number of ether oxygens (including phenoxy) is 2. The van der Waals surface area contributed by atoms with Gasteiger partial charge in [-0.25, -0.2) is 0 Å². The van der Waals surface area contributed by atoms with Crippen LogP contribution >= 0.6 is 0 Å². The van der Waals surface area contributed by atoms with Gasteiger partial charge in [-0.2, -0.15) is 0 Å². The minimum Gasteiger partial charge on any atom is -0.497 e. The molecule has 182 valence electrons. The van der Waals surface area contributed by atoms with Crippen molar-refractivity contribution in [2.45, 2.75) is 69.2 Å². The van der Waals surface area contributed by atoms with E-state index in [1.54, 1.807) is 36.3 Å². The van der Waals surface area contributed by atoms with E-state index < -0.39 is 29.6 Å². The van der Waals surface area contributed by atoms with Crippen LogP contribution in [0.2, 0.25) is 0 Å². The fourth-order valence-corrected chi connectivity index (χ4v) is 6.20. The monoisotopic (exact) mass is 467 g/mol. The molecule has 2 N–H and O–H groups in total. The van der Waals surface area contributed by atoms with Crippen molar-refractivity contribution in [2.24, 2.45) is 11.8 Å². The van der Waals surface area contributed by atoms with E-state index in [9.17, 15) is 14.4 Å². The second kappa shape index (κ2) is 9.06. The summed E-state index contributed by atoms with van der Waals surface area (Å²) in [5, 5.41) is 6.12. The average Bonchev–Trinajstić information content (AvgIpc) is 3.48. The average molecular weight is 468 g/mol. The van der Waals surface area contributed by atoms with E-state index >= 15 is 0 Å². The molecule has 0 radical (unpaired) electrons. The van der Waals surface area contributed by atoms with Gasteiger partial charge in [-0.15, -0.1) is 0 Å². The van der Waals surface area contributed by atoms with Crippen LogP contribution in [0.4, 0.5) is 5.69 Å². The number of nitrogens with one attached hydrogen (secondary N) is 2. The molecule has 1 spiro atoms. The number of anilines is 1. The number of hydrogen-bond acceptors (Lipinski definition) is 5. The highest BCUT2D eigenvalue weighted by Gasteiger charge is 2.72. The summed E-state index contributed by atoms with van der Waals surface area (Å²) in [7, 11) is 1.57. The van der Waals surface area contributed by atoms with E-state index in [-0.39, 0.29) is 23.8 Å². The van der Waals surface area contributed by atoms with E-state index in [0.717, 1.165) is 32.1 Å². The number of nitrogens with zero attached hydrogens (tertiary/aromatic N) is 1. The number of likely N-dealkylation sites (tertiary alicyclic amines) is 1. The van der Waals surface area contributed by atoms with Crippen LogP contribution in [0.3, 0.4) is 0 Å². The summed E-state index contributed by atoms with van der Waals surface area (Å²) in [4.78, 5) is 42.3. The summed E-state index contributed by atoms with van der Waals surface area (Å²) in [6, 6.07) is 6.47. The molecule has 1 aliphatic carbocycles. The Morgan fingerprint density at radius 3 is 2.74 bits per heavy atom. The molecule has 8 heteroatoms. The predicted octanol–water partition coefficient (Wildman–Crippen LogP) is 2.64. The first kappa shape index (κ1) is 22.9. The van der Waals surface area contributed by atoms with Crippen molar-refractivity contribution in [1.82, 2.24) is 10.2 Å². The summed E-state index contributed by atoms with van der Waals surface area (Å²) in [5.41, 5.74) is -0.515. The Morgan fingerprint density at radius 2 is 2.00 bits per heavy atom. The third-order valence-electron chi connectivity index (χ3n) is 7.68. The highest BCUT2D eigenvalue weighted by Crippen LogP contribution is 2.55. The number of amides is 3.